The van der Waals surface area contributed by atoms with Gasteiger partial charge in [-0.15, -0.1) is 0 Å². The number of nitrogens with one attached hydrogen (secondary N) is 1. The zero-order valence-electron chi connectivity index (χ0n) is 12.4. The summed E-state index contributed by atoms with van der Waals surface area (Å²) in [6.45, 7) is 2.95. The molecule has 114 valence electrons. The van der Waals surface area contributed by atoms with Crippen molar-refractivity contribution >= 4 is 17.5 Å². The van der Waals surface area contributed by atoms with Crippen molar-refractivity contribution in [2.45, 2.75) is 44.7 Å². The van der Waals surface area contributed by atoms with Gasteiger partial charge in [0.05, 0.1) is 0 Å². The molecule has 1 amide bonds. The molecule has 3 rings (SSSR count). The van der Waals surface area contributed by atoms with Crippen LogP contribution in [-0.4, -0.2) is 29.9 Å². The van der Waals surface area contributed by atoms with Crippen LogP contribution < -0.4 is 5.32 Å². The number of hydrogen-bond acceptors (Lipinski definition) is 2. The highest BCUT2D eigenvalue weighted by atomic mass is 35.5. The molecule has 1 saturated heterocycles. The van der Waals surface area contributed by atoms with E-state index in [-0.39, 0.29) is 5.91 Å². The molecule has 0 atom stereocenters. The Morgan fingerprint density at radius 2 is 1.81 bits per heavy atom. The highest BCUT2D eigenvalue weighted by molar-refractivity contribution is 6.30. The van der Waals surface area contributed by atoms with Crippen molar-refractivity contribution in [3.05, 3.63) is 34.9 Å². The molecule has 1 aromatic rings. The lowest BCUT2D eigenvalue weighted by molar-refractivity contribution is -0.122. The van der Waals surface area contributed by atoms with Crippen LogP contribution in [0.25, 0.3) is 0 Å². The zero-order valence-corrected chi connectivity index (χ0v) is 13.1. The fourth-order valence-electron chi connectivity index (χ4n) is 3.10. The highest BCUT2D eigenvalue weighted by Crippen LogP contribution is 2.31. The molecule has 4 heteroatoms. The van der Waals surface area contributed by atoms with Crippen LogP contribution in [-0.2, 0) is 11.3 Å². The molecule has 2 aliphatic rings. The number of benzene rings is 1. The summed E-state index contributed by atoms with van der Waals surface area (Å²) >= 11 is 5.85. The largest absolute Gasteiger partial charge is 0.352 e. The topological polar surface area (TPSA) is 32.3 Å². The van der Waals surface area contributed by atoms with Gasteiger partial charge in [0.1, 0.15) is 0 Å². The van der Waals surface area contributed by atoms with Crippen molar-refractivity contribution in [1.82, 2.24) is 10.2 Å². The maximum absolute atomic E-state index is 12.0. The Bertz CT molecular complexity index is 476. The first kappa shape index (κ1) is 14.9. The molecule has 21 heavy (non-hydrogen) atoms. The molecule has 0 radical (unpaired) electrons. The van der Waals surface area contributed by atoms with Crippen LogP contribution in [0.5, 0.6) is 0 Å². The van der Waals surface area contributed by atoms with Gasteiger partial charge in [-0.2, -0.15) is 0 Å². The maximum atomic E-state index is 12.0. The number of rotatable bonds is 5. The van der Waals surface area contributed by atoms with Gasteiger partial charge in [0.25, 0.3) is 0 Å². The van der Waals surface area contributed by atoms with Crippen molar-refractivity contribution in [3.8, 4) is 0 Å². The summed E-state index contributed by atoms with van der Waals surface area (Å²) in [5, 5.41) is 3.75. The number of hydrogen-bond donors (Lipinski definition) is 1. The molecule has 0 aromatic heterocycles. The predicted molar refractivity (Wildman–Crippen MR) is 85.2 cm³/mol. The van der Waals surface area contributed by atoms with Gasteiger partial charge in [0.15, 0.2) is 0 Å². The summed E-state index contributed by atoms with van der Waals surface area (Å²) < 4.78 is 0. The summed E-state index contributed by atoms with van der Waals surface area (Å²) in [6.07, 6.45) is 5.78. The summed E-state index contributed by atoms with van der Waals surface area (Å²) in [4.78, 5) is 14.6. The van der Waals surface area contributed by atoms with E-state index in [1.54, 1.807) is 0 Å². The summed E-state index contributed by atoms with van der Waals surface area (Å²) in [5.41, 5.74) is 1.09. The SMILES string of the molecule is O=C(CC1CCN(C2CC2)CC1)NCc1ccc(Cl)cc1. The zero-order chi connectivity index (χ0) is 14.7. The fourth-order valence-corrected chi connectivity index (χ4v) is 3.23. The van der Waals surface area contributed by atoms with E-state index in [0.717, 1.165) is 16.6 Å². The van der Waals surface area contributed by atoms with E-state index in [4.69, 9.17) is 11.6 Å². The van der Waals surface area contributed by atoms with E-state index >= 15 is 0 Å². The van der Waals surface area contributed by atoms with E-state index < -0.39 is 0 Å². The molecule has 1 heterocycles. The first-order valence-electron chi connectivity index (χ1n) is 7.96. The Labute approximate surface area is 131 Å². The lowest BCUT2D eigenvalue weighted by Gasteiger charge is -2.31. The van der Waals surface area contributed by atoms with E-state index in [1.807, 2.05) is 24.3 Å². The first-order valence-corrected chi connectivity index (χ1v) is 8.33. The number of carbonyl (C=O) groups excluding carboxylic acids is 1. The molecule has 1 aromatic carbocycles. The standard InChI is InChI=1S/C17H23ClN2O/c18-15-3-1-14(2-4-15)12-19-17(21)11-13-7-9-20(10-8-13)16-5-6-16/h1-4,13,16H,5-12H2,(H,19,21). The molecule has 1 aliphatic heterocycles. The summed E-state index contributed by atoms with van der Waals surface area (Å²) in [6, 6.07) is 8.49. The van der Waals surface area contributed by atoms with Crippen LogP contribution in [0.3, 0.4) is 0 Å². The van der Waals surface area contributed by atoms with Crippen molar-refractivity contribution in [2.75, 3.05) is 13.1 Å². The Morgan fingerprint density at radius 1 is 1.14 bits per heavy atom. The van der Waals surface area contributed by atoms with Crippen LogP contribution in [0.2, 0.25) is 5.02 Å². The molecule has 1 aliphatic carbocycles. The van der Waals surface area contributed by atoms with Crippen molar-refractivity contribution < 1.29 is 4.79 Å². The third-order valence-electron chi connectivity index (χ3n) is 4.59. The van der Waals surface area contributed by atoms with Gasteiger partial charge in [-0.05, 0) is 62.4 Å². The Kier molecular flexibility index (Phi) is 4.81. The van der Waals surface area contributed by atoms with Gasteiger partial charge in [-0.3, -0.25) is 4.79 Å². The number of halogens is 1. The normalized spacial score (nSPS) is 20.4. The number of nitrogens with zero attached hydrogens (tertiary/aromatic N) is 1. The van der Waals surface area contributed by atoms with E-state index in [9.17, 15) is 4.79 Å². The molecule has 0 bridgehead atoms. The van der Waals surface area contributed by atoms with Gasteiger partial charge >= 0.3 is 0 Å². The molecule has 1 N–H and O–H groups in total. The van der Waals surface area contributed by atoms with Crippen molar-refractivity contribution in [1.29, 1.82) is 0 Å². The first-order chi connectivity index (χ1) is 10.2. The van der Waals surface area contributed by atoms with Crippen LogP contribution >= 0.6 is 11.6 Å². The van der Waals surface area contributed by atoms with Crippen LogP contribution in [0.4, 0.5) is 0 Å². The average Bonchev–Trinajstić information content (AvgIpc) is 3.32. The lowest BCUT2D eigenvalue weighted by atomic mass is 9.93. The maximum Gasteiger partial charge on any atom is 0.220 e. The minimum Gasteiger partial charge on any atom is -0.352 e. The summed E-state index contributed by atoms with van der Waals surface area (Å²) in [7, 11) is 0. The molecule has 3 nitrogen and oxygen atoms in total. The quantitative estimate of drug-likeness (QED) is 0.906. The average molecular weight is 307 g/mol. The molecular formula is C17H23ClN2O. The van der Waals surface area contributed by atoms with Crippen LogP contribution in [0.15, 0.2) is 24.3 Å². The van der Waals surface area contributed by atoms with Gasteiger partial charge in [-0.1, -0.05) is 23.7 Å². The predicted octanol–water partition coefficient (Wildman–Crippen LogP) is 3.22. The Balaban J connectivity index is 1.37. The van der Waals surface area contributed by atoms with E-state index in [2.05, 4.69) is 10.2 Å². The minimum absolute atomic E-state index is 0.176. The van der Waals surface area contributed by atoms with Gasteiger partial charge in [-0.25, -0.2) is 0 Å². The van der Waals surface area contributed by atoms with E-state index in [0.29, 0.717) is 18.9 Å². The molecular weight excluding hydrogens is 284 g/mol. The highest BCUT2D eigenvalue weighted by Gasteiger charge is 2.32. The molecule has 0 unspecified atom stereocenters. The number of amides is 1. The fraction of sp³-hybridized carbons (Fsp3) is 0.588. The third-order valence-corrected chi connectivity index (χ3v) is 4.84. The second-order valence-electron chi connectivity index (χ2n) is 6.32. The van der Waals surface area contributed by atoms with Crippen LogP contribution in [0.1, 0.15) is 37.7 Å². The van der Waals surface area contributed by atoms with Crippen molar-refractivity contribution in [3.63, 3.8) is 0 Å². The molecule has 2 fully saturated rings. The number of carbonyl (C=O) groups is 1. The second kappa shape index (κ2) is 6.80. The van der Waals surface area contributed by atoms with E-state index in [1.165, 1.54) is 38.8 Å². The van der Waals surface area contributed by atoms with Crippen LogP contribution in [0, 0.1) is 5.92 Å². The molecule has 1 saturated carbocycles. The van der Waals surface area contributed by atoms with Gasteiger partial charge in [0, 0.05) is 24.0 Å². The monoisotopic (exact) mass is 306 g/mol. The smallest absolute Gasteiger partial charge is 0.220 e. The van der Waals surface area contributed by atoms with Crippen molar-refractivity contribution in [2.24, 2.45) is 5.92 Å². The molecule has 0 spiro atoms. The lowest BCUT2D eigenvalue weighted by Crippen LogP contribution is -2.37. The number of piperidine rings is 1. The summed E-state index contributed by atoms with van der Waals surface area (Å²) in [5.74, 6) is 0.736. The van der Waals surface area contributed by atoms with Gasteiger partial charge in [0.2, 0.25) is 5.91 Å². The number of likely N-dealkylation sites (tertiary alicyclic amines) is 1. The third kappa shape index (κ3) is 4.45. The second-order valence-corrected chi connectivity index (χ2v) is 6.75. The van der Waals surface area contributed by atoms with Gasteiger partial charge < -0.3 is 10.2 Å². The minimum atomic E-state index is 0.176. The Morgan fingerprint density at radius 3 is 2.43 bits per heavy atom. The Hall–Kier alpha value is -1.06.